The minimum Gasteiger partial charge on any atom is -0.492 e. The lowest BCUT2D eigenvalue weighted by Gasteiger charge is -2.26. The quantitative estimate of drug-likeness (QED) is 0.0551. The molecule has 36 nitrogen and oxygen atoms in total. The number of fused-ring (bicyclic) bond motifs is 12. The van der Waals surface area contributed by atoms with Crippen molar-refractivity contribution in [2.75, 3.05) is 78.9 Å². The van der Waals surface area contributed by atoms with Crippen LogP contribution in [0, 0.1) is 13.8 Å². The average molecular weight is 1980 g/mol. The number of hydrogen-bond acceptors (Lipinski definition) is 30. The van der Waals surface area contributed by atoms with Crippen LogP contribution in [0.2, 0.25) is 0 Å². The highest BCUT2D eigenvalue weighted by molar-refractivity contribution is 7.19. The summed E-state index contributed by atoms with van der Waals surface area (Å²) in [5, 5.41) is 36.8. The topological polar surface area (TPSA) is 461 Å². The normalized spacial score (nSPS) is 19.9. The Hall–Kier alpha value is -15.5. The summed E-state index contributed by atoms with van der Waals surface area (Å²) in [6, 6.07) is 35.7. The van der Waals surface area contributed by atoms with E-state index in [1.54, 1.807) is 69.6 Å². The molecule has 8 fully saturated rings. The lowest BCUT2D eigenvalue weighted by Crippen LogP contribution is -2.39. The van der Waals surface area contributed by atoms with Crippen LogP contribution >= 0.6 is 22.7 Å². The number of carbonyl (C=O) groups excluding carboxylic acids is 12. The summed E-state index contributed by atoms with van der Waals surface area (Å²) < 4.78 is 62.2. The molecule has 8 aromatic carbocycles. The van der Waals surface area contributed by atoms with Crippen LogP contribution < -0.4 is 41.4 Å². The number of aryl methyl sites for hydroxylation is 4. The predicted octanol–water partition coefficient (Wildman–Crippen LogP) is 15.1. The second-order valence-electron chi connectivity index (χ2n) is 37.0. The van der Waals surface area contributed by atoms with E-state index in [1.807, 2.05) is 150 Å². The number of rotatable bonds is 14. The number of thiazole rings is 2. The van der Waals surface area contributed by atoms with Gasteiger partial charge in [-0.1, -0.05) is 12.1 Å². The largest absolute Gasteiger partial charge is 0.492 e. The number of carbonyl (C=O) groups is 12. The van der Waals surface area contributed by atoms with Gasteiger partial charge in [-0.15, -0.1) is 22.7 Å². The van der Waals surface area contributed by atoms with Crippen LogP contribution in [-0.2, 0) is 81.1 Å². The number of nitrogens with one attached hydrogen (secondary N) is 6. The molecule has 0 aliphatic carbocycles. The molecule has 736 valence electrons. The molecule has 10 aromatic heterocycles. The van der Waals surface area contributed by atoms with Gasteiger partial charge in [-0.25, -0.2) is 9.97 Å². The van der Waals surface area contributed by atoms with Crippen molar-refractivity contribution in [2.24, 2.45) is 14.1 Å². The molecule has 26 rings (SSSR count). The summed E-state index contributed by atoms with van der Waals surface area (Å²) in [4.78, 5) is 154. The SMILES string of the molecule is Cc1nc2cc3occ([C@@H]4CCC(=O)NC4=O)c3cc2s1.Cc1nc2cc3occ([C@H]4CCC(=O)NC4=O)c3cc2s1.Cn1cc2cc3occ([C@@H]4CCC(=O)NC4=O)c3cc2n1.Cn1cc2cc3occ([C@H]4CCC(=O)NC4=O)c3cc2n1.O=C1CC[C@@H](c2coc3cc4ccc(OCCN5CCOCC5)cc4cc23)C(=O)N1.O=C1CC[C@H](c2coc3cc4ccc(OCCN5CCOCC5)cc4cc23)C(=O)N1. The minimum atomic E-state index is -0.366. The molecule has 0 spiro atoms. The summed E-state index contributed by atoms with van der Waals surface area (Å²) in [6.45, 7) is 13.9. The zero-order valence-corrected chi connectivity index (χ0v) is 80.5. The van der Waals surface area contributed by atoms with Crippen molar-refractivity contribution >= 4 is 223 Å². The molecule has 12 amide bonds. The zero-order valence-electron chi connectivity index (χ0n) is 78.8. The minimum absolute atomic E-state index is 0.204. The first-order valence-electron chi connectivity index (χ1n) is 47.8. The first-order chi connectivity index (χ1) is 69.8. The number of furan rings is 6. The Morgan fingerprint density at radius 1 is 0.319 bits per heavy atom. The number of morpholine rings is 2. The van der Waals surface area contributed by atoms with E-state index in [0.717, 1.165) is 250 Å². The molecule has 18 heterocycles. The molecule has 8 saturated heterocycles. The van der Waals surface area contributed by atoms with Crippen LogP contribution in [0.4, 0.5) is 0 Å². The van der Waals surface area contributed by atoms with Gasteiger partial charge in [0.15, 0.2) is 0 Å². The number of amides is 12. The number of ether oxygens (including phenoxy) is 4. The Morgan fingerprint density at radius 3 is 0.882 bits per heavy atom. The number of aromatic nitrogens is 6. The first kappa shape index (κ1) is 94.7. The Bertz CT molecular complexity index is 7440. The zero-order chi connectivity index (χ0) is 99.2. The van der Waals surface area contributed by atoms with Gasteiger partial charge in [-0.05, 0) is 159 Å². The van der Waals surface area contributed by atoms with E-state index in [0.29, 0.717) is 90.3 Å². The molecule has 144 heavy (non-hydrogen) atoms. The third kappa shape index (κ3) is 20.2. The molecule has 0 radical (unpaired) electrons. The van der Waals surface area contributed by atoms with Gasteiger partial charge in [0.05, 0.1) is 141 Å². The molecule has 0 unspecified atom stereocenters. The van der Waals surface area contributed by atoms with Crippen molar-refractivity contribution < 1.29 is 103 Å². The van der Waals surface area contributed by atoms with E-state index >= 15 is 0 Å². The van der Waals surface area contributed by atoms with Crippen LogP contribution in [0.15, 0.2) is 186 Å². The van der Waals surface area contributed by atoms with Gasteiger partial charge in [0.1, 0.15) is 58.2 Å². The molecular weight excluding hydrogens is 1890 g/mol. The predicted molar refractivity (Wildman–Crippen MR) is 533 cm³/mol. The van der Waals surface area contributed by atoms with Crippen molar-refractivity contribution in [1.29, 1.82) is 0 Å². The summed E-state index contributed by atoms with van der Waals surface area (Å²) in [6.07, 6.45) is 18.8. The van der Waals surface area contributed by atoms with Crippen molar-refractivity contribution in [3.63, 3.8) is 0 Å². The molecule has 8 aliphatic rings. The van der Waals surface area contributed by atoms with Crippen molar-refractivity contribution in [3.05, 3.63) is 203 Å². The number of nitrogens with zero attached hydrogens (tertiary/aromatic N) is 8. The molecule has 0 saturated carbocycles. The maximum Gasteiger partial charge on any atom is 0.234 e. The van der Waals surface area contributed by atoms with Crippen LogP contribution in [0.3, 0.4) is 0 Å². The maximum atomic E-state index is 12.3. The summed E-state index contributed by atoms with van der Waals surface area (Å²) in [5.41, 5.74) is 12.9. The van der Waals surface area contributed by atoms with Crippen molar-refractivity contribution in [1.82, 2.24) is 71.2 Å². The maximum absolute atomic E-state index is 12.3. The van der Waals surface area contributed by atoms with Gasteiger partial charge >= 0.3 is 0 Å². The van der Waals surface area contributed by atoms with Crippen LogP contribution in [-0.4, -0.2) is 189 Å². The highest BCUT2D eigenvalue weighted by Crippen LogP contribution is 2.44. The lowest BCUT2D eigenvalue weighted by atomic mass is 9.90. The van der Waals surface area contributed by atoms with E-state index in [-0.39, 0.29) is 106 Å². The number of imide groups is 6. The van der Waals surface area contributed by atoms with Gasteiger partial charge in [0, 0.05) is 193 Å². The van der Waals surface area contributed by atoms with Crippen molar-refractivity contribution in [3.8, 4) is 11.5 Å². The first-order valence-corrected chi connectivity index (χ1v) is 49.5. The monoisotopic (exact) mass is 1980 g/mol. The number of benzene rings is 8. The Kier molecular flexibility index (Phi) is 26.6. The highest BCUT2D eigenvalue weighted by Gasteiger charge is 2.38. The molecule has 6 N–H and O–H groups in total. The van der Waals surface area contributed by atoms with Crippen LogP contribution in [0.1, 0.15) is 156 Å². The average Bonchev–Trinajstić information content (AvgIpc) is 1.62. The van der Waals surface area contributed by atoms with Gasteiger partial charge in [0.25, 0.3) is 0 Å². The summed E-state index contributed by atoms with van der Waals surface area (Å²) >= 11 is 3.24. The Morgan fingerprint density at radius 2 is 0.590 bits per heavy atom. The number of piperidine rings is 6. The van der Waals surface area contributed by atoms with E-state index in [4.69, 9.17) is 45.5 Å². The molecule has 0 bridgehead atoms. The molecule has 38 heteroatoms. The van der Waals surface area contributed by atoms with Crippen molar-refractivity contribution in [2.45, 2.75) is 126 Å². The molecule has 8 aliphatic heterocycles. The van der Waals surface area contributed by atoms with Gasteiger partial charge in [-0.3, -0.25) is 109 Å². The molecule has 18 aromatic rings. The van der Waals surface area contributed by atoms with E-state index in [9.17, 15) is 57.5 Å². The molecule has 6 atom stereocenters. The molecular formula is C106H98N14O22S2. The van der Waals surface area contributed by atoms with Gasteiger partial charge in [-0.2, -0.15) is 10.2 Å². The van der Waals surface area contributed by atoms with Gasteiger partial charge in [0.2, 0.25) is 70.9 Å². The van der Waals surface area contributed by atoms with E-state index < -0.39 is 0 Å². The third-order valence-electron chi connectivity index (χ3n) is 27.4. The van der Waals surface area contributed by atoms with E-state index in [2.05, 4.69) is 61.9 Å². The Labute approximate surface area is 826 Å². The fraction of sp³-hybridized carbons (Fsp3) is 0.321. The van der Waals surface area contributed by atoms with E-state index in [1.165, 1.54) is 0 Å². The summed E-state index contributed by atoms with van der Waals surface area (Å²) in [7, 11) is 3.73. The number of hydrogen-bond donors (Lipinski definition) is 6. The smallest absolute Gasteiger partial charge is 0.234 e. The Balaban J connectivity index is 0.000000103. The fourth-order valence-electron chi connectivity index (χ4n) is 20.1. The second kappa shape index (κ2) is 40.5. The van der Waals surface area contributed by atoms with Crippen LogP contribution in [0.5, 0.6) is 11.5 Å². The standard InChI is InChI=1S/2C23H24N2O5.2C15H13N3O3.2C15H12N2O3S/c2*26-22-4-3-18(23(27)24-22)20-14-30-21-13-15-1-2-17(11-16(15)12-19(20)21)29-10-7-25-5-8-28-9-6-25;2*1-18-6-8-4-13-10(5-12(8)17-18)11(7-21-13)9-2-3-14(19)16-15(9)20;2*1-7-16-11-5-12-9(4-13(11)21-7)10(6-20-12)8-2-3-14(18)17-15(8)19/h2*1-2,11-14,18H,3-10H2,(H,24,26,27);2*4-7,9H,2-3H2,1H3,(H,16,19,20);2*4-6,8H,2-3H2,1H3,(H,17,18,19)/t2*18-;2*9-;2*8-/m101010/s1. The lowest BCUT2D eigenvalue weighted by molar-refractivity contribution is -0.135. The van der Waals surface area contributed by atoms with Gasteiger partial charge < -0.3 is 45.5 Å². The van der Waals surface area contributed by atoms with Crippen LogP contribution in [0.25, 0.3) is 130 Å². The second-order valence-corrected chi connectivity index (χ2v) is 39.5. The summed E-state index contributed by atoms with van der Waals surface area (Å²) in [5.74, 6) is -3.19. The fourth-order valence-corrected chi connectivity index (χ4v) is 21.8. The third-order valence-corrected chi connectivity index (χ3v) is 29.3. The highest BCUT2D eigenvalue weighted by atomic mass is 32.1.